The van der Waals surface area contributed by atoms with Crippen LogP contribution in [0.25, 0.3) is 11.4 Å². The number of hydrogen-bond donors (Lipinski definition) is 2. The predicted molar refractivity (Wildman–Crippen MR) is 115 cm³/mol. The predicted octanol–water partition coefficient (Wildman–Crippen LogP) is 5.99. The first-order chi connectivity index (χ1) is 13.7. The molecular formula is C22H24ClN5. The van der Waals surface area contributed by atoms with Crippen molar-refractivity contribution in [3.8, 4) is 11.4 Å². The van der Waals surface area contributed by atoms with Crippen molar-refractivity contribution in [2.75, 3.05) is 10.6 Å². The number of nitrogens with zero attached hydrogens (tertiary/aromatic N) is 3. The van der Waals surface area contributed by atoms with Crippen molar-refractivity contribution in [1.29, 1.82) is 0 Å². The Morgan fingerprint density at radius 1 is 0.964 bits per heavy atom. The van der Waals surface area contributed by atoms with E-state index < -0.39 is 0 Å². The van der Waals surface area contributed by atoms with E-state index in [0.717, 1.165) is 41.3 Å². The zero-order chi connectivity index (χ0) is 19.3. The van der Waals surface area contributed by atoms with Crippen molar-refractivity contribution < 1.29 is 0 Å². The SMILES string of the molecule is Cc1ccc(Cl)cc1Nc1cc(-c2ccccn2)nc(NC2CCCCC2)n1. The minimum Gasteiger partial charge on any atom is -0.351 e. The summed E-state index contributed by atoms with van der Waals surface area (Å²) in [5, 5.41) is 7.61. The normalized spacial score (nSPS) is 14.6. The van der Waals surface area contributed by atoms with Gasteiger partial charge in [0.2, 0.25) is 5.95 Å². The average molecular weight is 394 g/mol. The van der Waals surface area contributed by atoms with Crippen LogP contribution in [0.3, 0.4) is 0 Å². The summed E-state index contributed by atoms with van der Waals surface area (Å²) in [7, 11) is 0. The summed E-state index contributed by atoms with van der Waals surface area (Å²) in [4.78, 5) is 13.9. The number of aryl methyl sites for hydroxylation is 1. The van der Waals surface area contributed by atoms with Crippen LogP contribution in [-0.4, -0.2) is 21.0 Å². The fourth-order valence-corrected chi connectivity index (χ4v) is 3.69. The van der Waals surface area contributed by atoms with E-state index in [0.29, 0.717) is 17.0 Å². The maximum absolute atomic E-state index is 6.18. The first-order valence-corrected chi connectivity index (χ1v) is 10.2. The third-order valence-corrected chi connectivity index (χ3v) is 5.29. The van der Waals surface area contributed by atoms with E-state index in [1.807, 2.05) is 49.4 Å². The van der Waals surface area contributed by atoms with Gasteiger partial charge in [0.1, 0.15) is 5.82 Å². The number of pyridine rings is 1. The van der Waals surface area contributed by atoms with Gasteiger partial charge in [-0.05, 0) is 49.6 Å². The standard InChI is InChI=1S/C22H24ClN5/c1-15-10-11-16(23)13-19(15)26-21-14-20(18-9-5-6-12-24-18)27-22(28-21)25-17-7-3-2-4-8-17/h5-6,9-14,17H,2-4,7-8H2,1H3,(H2,25,26,27,28). The van der Waals surface area contributed by atoms with E-state index in [1.54, 1.807) is 6.20 Å². The second-order valence-electron chi connectivity index (χ2n) is 7.24. The average Bonchev–Trinajstić information content (AvgIpc) is 2.72. The van der Waals surface area contributed by atoms with E-state index in [9.17, 15) is 0 Å². The first-order valence-electron chi connectivity index (χ1n) is 9.77. The summed E-state index contributed by atoms with van der Waals surface area (Å²) in [6.07, 6.45) is 7.92. The number of rotatable bonds is 5. The summed E-state index contributed by atoms with van der Waals surface area (Å²) in [6, 6.07) is 14.0. The lowest BCUT2D eigenvalue weighted by Gasteiger charge is -2.23. The number of anilines is 3. The molecule has 2 heterocycles. The molecule has 1 aromatic carbocycles. The third-order valence-electron chi connectivity index (χ3n) is 5.05. The molecule has 0 unspecified atom stereocenters. The molecule has 1 saturated carbocycles. The number of nitrogens with one attached hydrogen (secondary N) is 2. The maximum Gasteiger partial charge on any atom is 0.225 e. The molecule has 6 heteroatoms. The van der Waals surface area contributed by atoms with Crippen molar-refractivity contribution in [2.45, 2.75) is 45.1 Å². The van der Waals surface area contributed by atoms with Gasteiger partial charge >= 0.3 is 0 Å². The minimum atomic E-state index is 0.425. The van der Waals surface area contributed by atoms with Crippen molar-refractivity contribution in [3.05, 3.63) is 59.2 Å². The van der Waals surface area contributed by atoms with Gasteiger partial charge in [-0.1, -0.05) is 43.0 Å². The molecule has 0 atom stereocenters. The zero-order valence-electron chi connectivity index (χ0n) is 16.0. The Balaban J connectivity index is 1.67. The highest BCUT2D eigenvalue weighted by Gasteiger charge is 2.16. The van der Waals surface area contributed by atoms with Crippen LogP contribution in [0.4, 0.5) is 17.5 Å². The van der Waals surface area contributed by atoms with Crippen LogP contribution in [0, 0.1) is 6.92 Å². The van der Waals surface area contributed by atoms with Gasteiger partial charge in [0.25, 0.3) is 0 Å². The topological polar surface area (TPSA) is 62.7 Å². The fraction of sp³-hybridized carbons (Fsp3) is 0.318. The molecule has 2 N–H and O–H groups in total. The molecule has 3 aromatic rings. The van der Waals surface area contributed by atoms with Gasteiger partial charge < -0.3 is 10.6 Å². The van der Waals surface area contributed by atoms with Gasteiger partial charge in [-0.15, -0.1) is 0 Å². The lowest BCUT2D eigenvalue weighted by atomic mass is 9.96. The molecular weight excluding hydrogens is 370 g/mol. The van der Waals surface area contributed by atoms with Crippen LogP contribution in [0.5, 0.6) is 0 Å². The van der Waals surface area contributed by atoms with E-state index in [4.69, 9.17) is 21.6 Å². The van der Waals surface area contributed by atoms with Crippen LogP contribution in [0.1, 0.15) is 37.7 Å². The van der Waals surface area contributed by atoms with Crippen molar-refractivity contribution >= 4 is 29.1 Å². The molecule has 0 radical (unpaired) electrons. The van der Waals surface area contributed by atoms with E-state index in [1.165, 1.54) is 19.3 Å². The molecule has 144 valence electrons. The quantitative estimate of drug-likeness (QED) is 0.557. The highest BCUT2D eigenvalue weighted by atomic mass is 35.5. The third kappa shape index (κ3) is 4.60. The van der Waals surface area contributed by atoms with Crippen LogP contribution in [0.2, 0.25) is 5.02 Å². The van der Waals surface area contributed by atoms with E-state index in [-0.39, 0.29) is 0 Å². The molecule has 5 nitrogen and oxygen atoms in total. The molecule has 2 aromatic heterocycles. The van der Waals surface area contributed by atoms with Crippen molar-refractivity contribution in [1.82, 2.24) is 15.0 Å². The van der Waals surface area contributed by atoms with Crippen molar-refractivity contribution in [3.63, 3.8) is 0 Å². The Hall–Kier alpha value is -2.66. The zero-order valence-corrected chi connectivity index (χ0v) is 16.7. The molecule has 0 bridgehead atoms. The molecule has 0 spiro atoms. The largest absolute Gasteiger partial charge is 0.351 e. The molecule has 4 rings (SSSR count). The van der Waals surface area contributed by atoms with Gasteiger partial charge in [-0.25, -0.2) is 4.98 Å². The van der Waals surface area contributed by atoms with Crippen LogP contribution >= 0.6 is 11.6 Å². The summed E-state index contributed by atoms with van der Waals surface area (Å²) < 4.78 is 0. The molecule has 28 heavy (non-hydrogen) atoms. The lowest BCUT2D eigenvalue weighted by Crippen LogP contribution is -2.23. The van der Waals surface area contributed by atoms with Gasteiger partial charge in [0.05, 0.1) is 11.4 Å². The number of halogens is 1. The van der Waals surface area contributed by atoms with Crippen molar-refractivity contribution in [2.24, 2.45) is 0 Å². The smallest absolute Gasteiger partial charge is 0.225 e. The van der Waals surface area contributed by atoms with Crippen LogP contribution in [0.15, 0.2) is 48.7 Å². The molecule has 0 aliphatic heterocycles. The van der Waals surface area contributed by atoms with Crippen LogP contribution < -0.4 is 10.6 Å². The van der Waals surface area contributed by atoms with Gasteiger partial charge in [-0.2, -0.15) is 4.98 Å². The Morgan fingerprint density at radius 3 is 2.61 bits per heavy atom. The summed E-state index contributed by atoms with van der Waals surface area (Å²) in [5.74, 6) is 1.36. The number of hydrogen-bond acceptors (Lipinski definition) is 5. The molecule has 1 fully saturated rings. The second-order valence-corrected chi connectivity index (χ2v) is 7.68. The highest BCUT2D eigenvalue weighted by Crippen LogP contribution is 2.27. The summed E-state index contributed by atoms with van der Waals surface area (Å²) >= 11 is 6.18. The molecule has 1 aliphatic rings. The second kappa shape index (κ2) is 8.57. The van der Waals surface area contributed by atoms with E-state index in [2.05, 4.69) is 15.6 Å². The molecule has 1 aliphatic carbocycles. The monoisotopic (exact) mass is 393 g/mol. The maximum atomic E-state index is 6.18. The summed E-state index contributed by atoms with van der Waals surface area (Å²) in [5.41, 5.74) is 3.64. The van der Waals surface area contributed by atoms with E-state index >= 15 is 0 Å². The molecule has 0 amide bonds. The number of aromatic nitrogens is 3. The Labute approximate surface area is 170 Å². The lowest BCUT2D eigenvalue weighted by molar-refractivity contribution is 0.461. The Bertz CT molecular complexity index is 939. The Morgan fingerprint density at radius 2 is 1.82 bits per heavy atom. The van der Waals surface area contributed by atoms with Gasteiger partial charge in [0.15, 0.2) is 0 Å². The van der Waals surface area contributed by atoms with Gasteiger partial charge in [-0.3, -0.25) is 4.98 Å². The summed E-state index contributed by atoms with van der Waals surface area (Å²) in [6.45, 7) is 2.04. The van der Waals surface area contributed by atoms with Crippen LogP contribution in [-0.2, 0) is 0 Å². The fourth-order valence-electron chi connectivity index (χ4n) is 3.52. The molecule has 0 saturated heterocycles. The minimum absolute atomic E-state index is 0.425. The first kappa shape index (κ1) is 18.7. The highest BCUT2D eigenvalue weighted by molar-refractivity contribution is 6.30. The Kier molecular flexibility index (Phi) is 5.72. The number of benzene rings is 1. The van der Waals surface area contributed by atoms with Gasteiger partial charge in [0, 0.05) is 29.0 Å².